The van der Waals surface area contributed by atoms with E-state index >= 15 is 0 Å². The number of hydrogen-bond donors (Lipinski definition) is 1. The summed E-state index contributed by atoms with van der Waals surface area (Å²) in [7, 11) is 2.07. The van der Waals surface area contributed by atoms with Crippen molar-refractivity contribution in [3.05, 3.63) is 34.9 Å². The average Bonchev–Trinajstić information content (AvgIpc) is 2.24. The summed E-state index contributed by atoms with van der Waals surface area (Å²) in [6, 6.07) is 7.23. The van der Waals surface area contributed by atoms with Crippen molar-refractivity contribution in [2.24, 2.45) is 5.92 Å². The first-order valence-electron chi connectivity index (χ1n) is 6.34. The summed E-state index contributed by atoms with van der Waals surface area (Å²) in [4.78, 5) is 0. The summed E-state index contributed by atoms with van der Waals surface area (Å²) in [6.45, 7) is 8.97. The van der Waals surface area contributed by atoms with Crippen molar-refractivity contribution >= 4 is 0 Å². The molecule has 1 aromatic rings. The second-order valence-corrected chi connectivity index (χ2v) is 4.89. The summed E-state index contributed by atoms with van der Waals surface area (Å²) in [5.74, 6) is 0.690. The molecule has 16 heavy (non-hydrogen) atoms. The Morgan fingerprint density at radius 3 is 2.50 bits per heavy atom. The summed E-state index contributed by atoms with van der Waals surface area (Å²) in [5, 5.41) is 3.47. The molecule has 1 nitrogen and oxygen atoms in total. The summed E-state index contributed by atoms with van der Waals surface area (Å²) >= 11 is 0. The van der Waals surface area contributed by atoms with Crippen molar-refractivity contribution in [3.63, 3.8) is 0 Å². The molecule has 0 aliphatic rings. The Bertz CT molecular complexity index is 330. The lowest BCUT2D eigenvalue weighted by atomic mass is 9.88. The van der Waals surface area contributed by atoms with Crippen LogP contribution in [0.1, 0.15) is 49.4 Å². The van der Waals surface area contributed by atoms with E-state index < -0.39 is 0 Å². The van der Waals surface area contributed by atoms with Gasteiger partial charge in [-0.25, -0.2) is 0 Å². The minimum absolute atomic E-state index is 0.486. The van der Waals surface area contributed by atoms with Crippen LogP contribution in [0.25, 0.3) is 0 Å². The highest BCUT2D eigenvalue weighted by Crippen LogP contribution is 2.28. The highest BCUT2D eigenvalue weighted by Gasteiger charge is 2.18. The molecular weight excluding hydrogens is 194 g/mol. The van der Waals surface area contributed by atoms with Crippen LogP contribution in [0, 0.1) is 19.8 Å². The fourth-order valence-corrected chi connectivity index (χ4v) is 2.46. The molecule has 2 unspecified atom stereocenters. The quantitative estimate of drug-likeness (QED) is 0.789. The van der Waals surface area contributed by atoms with E-state index in [0.717, 1.165) is 0 Å². The maximum atomic E-state index is 3.47. The third-order valence-corrected chi connectivity index (χ3v) is 3.39. The van der Waals surface area contributed by atoms with Gasteiger partial charge < -0.3 is 5.32 Å². The van der Waals surface area contributed by atoms with Gasteiger partial charge in [-0.2, -0.15) is 0 Å². The fourth-order valence-electron chi connectivity index (χ4n) is 2.46. The van der Waals surface area contributed by atoms with E-state index in [-0.39, 0.29) is 0 Å². The number of hydrogen-bond acceptors (Lipinski definition) is 1. The van der Waals surface area contributed by atoms with E-state index in [4.69, 9.17) is 0 Å². The average molecular weight is 219 g/mol. The van der Waals surface area contributed by atoms with Gasteiger partial charge in [0.15, 0.2) is 0 Å². The van der Waals surface area contributed by atoms with E-state index in [0.29, 0.717) is 12.0 Å². The van der Waals surface area contributed by atoms with Gasteiger partial charge in [0, 0.05) is 6.04 Å². The van der Waals surface area contributed by atoms with E-state index in [1.807, 2.05) is 0 Å². The Kier molecular flexibility index (Phi) is 5.01. The maximum Gasteiger partial charge on any atom is 0.0346 e. The summed E-state index contributed by atoms with van der Waals surface area (Å²) < 4.78 is 0. The zero-order valence-electron chi connectivity index (χ0n) is 11.3. The molecule has 0 saturated heterocycles. The molecule has 2 atom stereocenters. The van der Waals surface area contributed by atoms with Crippen LogP contribution >= 0.6 is 0 Å². The van der Waals surface area contributed by atoms with Crippen LogP contribution in [0.4, 0.5) is 0 Å². The van der Waals surface area contributed by atoms with Crippen LogP contribution < -0.4 is 5.32 Å². The van der Waals surface area contributed by atoms with Crippen LogP contribution in [0.15, 0.2) is 18.2 Å². The van der Waals surface area contributed by atoms with Gasteiger partial charge in [-0.05, 0) is 44.4 Å². The van der Waals surface area contributed by atoms with E-state index in [1.165, 1.54) is 29.5 Å². The van der Waals surface area contributed by atoms with E-state index in [1.54, 1.807) is 0 Å². The van der Waals surface area contributed by atoms with Crippen molar-refractivity contribution in [2.45, 2.75) is 46.6 Å². The van der Waals surface area contributed by atoms with Gasteiger partial charge in [0.25, 0.3) is 0 Å². The molecule has 0 aliphatic carbocycles. The molecular formula is C15H25N. The third kappa shape index (κ3) is 3.08. The number of nitrogens with one attached hydrogen (secondary N) is 1. The molecule has 0 aromatic heterocycles. The minimum atomic E-state index is 0.486. The molecule has 0 radical (unpaired) electrons. The molecule has 1 heteroatoms. The monoisotopic (exact) mass is 219 g/mol. The second kappa shape index (κ2) is 6.05. The van der Waals surface area contributed by atoms with Gasteiger partial charge in [-0.15, -0.1) is 0 Å². The molecule has 0 amide bonds. The molecule has 0 fully saturated rings. The Hall–Kier alpha value is -0.820. The SMILES string of the molecule is CCCC(C)C(NC)c1cc(C)ccc1C. The first-order valence-corrected chi connectivity index (χ1v) is 6.34. The third-order valence-electron chi connectivity index (χ3n) is 3.39. The Balaban J connectivity index is 2.98. The van der Waals surface area contributed by atoms with Crippen LogP contribution in [0.3, 0.4) is 0 Å². The zero-order valence-corrected chi connectivity index (χ0v) is 11.3. The van der Waals surface area contributed by atoms with Gasteiger partial charge in [0.05, 0.1) is 0 Å². The highest BCUT2D eigenvalue weighted by atomic mass is 14.9. The Morgan fingerprint density at radius 2 is 1.94 bits per heavy atom. The molecule has 0 heterocycles. The van der Waals surface area contributed by atoms with Gasteiger partial charge in [-0.1, -0.05) is 44.0 Å². The van der Waals surface area contributed by atoms with Crippen LogP contribution in [-0.2, 0) is 0 Å². The molecule has 0 saturated carbocycles. The van der Waals surface area contributed by atoms with Crippen molar-refractivity contribution in [3.8, 4) is 0 Å². The van der Waals surface area contributed by atoms with E-state index in [2.05, 4.69) is 58.3 Å². The lowest BCUT2D eigenvalue weighted by Crippen LogP contribution is -2.24. The smallest absolute Gasteiger partial charge is 0.0346 e. The standard InChI is InChI=1S/C15H25N/c1-6-7-13(4)15(16-5)14-10-11(2)8-9-12(14)3/h8-10,13,15-16H,6-7H2,1-5H3. The first-order chi connectivity index (χ1) is 7.60. The lowest BCUT2D eigenvalue weighted by molar-refractivity contribution is 0.382. The fraction of sp³-hybridized carbons (Fsp3) is 0.600. The molecule has 0 aliphatic heterocycles. The molecule has 90 valence electrons. The summed E-state index contributed by atoms with van der Waals surface area (Å²) in [6.07, 6.45) is 2.53. The normalized spacial score (nSPS) is 14.8. The number of aryl methyl sites for hydroxylation is 2. The number of rotatable bonds is 5. The van der Waals surface area contributed by atoms with Crippen LogP contribution in [0.2, 0.25) is 0 Å². The zero-order chi connectivity index (χ0) is 12.1. The predicted molar refractivity (Wildman–Crippen MR) is 71.8 cm³/mol. The van der Waals surface area contributed by atoms with Crippen molar-refractivity contribution < 1.29 is 0 Å². The van der Waals surface area contributed by atoms with Gasteiger partial charge in [0.1, 0.15) is 0 Å². The maximum absolute atomic E-state index is 3.47. The molecule has 0 bridgehead atoms. The highest BCUT2D eigenvalue weighted by molar-refractivity contribution is 5.33. The van der Waals surface area contributed by atoms with Crippen LogP contribution in [-0.4, -0.2) is 7.05 Å². The first kappa shape index (κ1) is 13.2. The molecule has 1 N–H and O–H groups in total. The van der Waals surface area contributed by atoms with Gasteiger partial charge in [-0.3, -0.25) is 0 Å². The Morgan fingerprint density at radius 1 is 1.25 bits per heavy atom. The van der Waals surface area contributed by atoms with Crippen molar-refractivity contribution in [2.75, 3.05) is 7.05 Å². The second-order valence-electron chi connectivity index (χ2n) is 4.89. The topological polar surface area (TPSA) is 12.0 Å². The number of benzene rings is 1. The minimum Gasteiger partial charge on any atom is -0.313 e. The predicted octanol–water partition coefficient (Wildman–Crippen LogP) is 4.00. The Labute approximate surface area is 100 Å². The molecule has 1 rings (SSSR count). The summed E-state index contributed by atoms with van der Waals surface area (Å²) in [5.41, 5.74) is 4.21. The van der Waals surface area contributed by atoms with Crippen molar-refractivity contribution in [1.82, 2.24) is 5.32 Å². The largest absolute Gasteiger partial charge is 0.313 e. The molecule has 1 aromatic carbocycles. The lowest BCUT2D eigenvalue weighted by Gasteiger charge is -2.25. The van der Waals surface area contributed by atoms with Gasteiger partial charge >= 0.3 is 0 Å². The van der Waals surface area contributed by atoms with Gasteiger partial charge in [0.2, 0.25) is 0 Å². The van der Waals surface area contributed by atoms with Crippen LogP contribution in [0.5, 0.6) is 0 Å². The molecule has 0 spiro atoms. The van der Waals surface area contributed by atoms with E-state index in [9.17, 15) is 0 Å². The van der Waals surface area contributed by atoms with Crippen molar-refractivity contribution in [1.29, 1.82) is 0 Å².